The van der Waals surface area contributed by atoms with Crippen LogP contribution in [0.2, 0.25) is 0 Å². The number of urea groups is 1. The van der Waals surface area contributed by atoms with E-state index >= 15 is 0 Å². The van der Waals surface area contributed by atoms with Gasteiger partial charge in [-0.05, 0) is 12.1 Å². The van der Waals surface area contributed by atoms with Crippen LogP contribution in [-0.2, 0) is 9.53 Å². The average molecular weight is 289 g/mol. The summed E-state index contributed by atoms with van der Waals surface area (Å²) >= 11 is 0. The lowest BCUT2D eigenvalue weighted by atomic mass is 10.1. The van der Waals surface area contributed by atoms with Gasteiger partial charge in [-0.2, -0.15) is 0 Å². The molecule has 0 atom stereocenters. The SMILES string of the molecule is O=C(O)COCCNC(=O)Nc1cccc2cnccc12. The minimum Gasteiger partial charge on any atom is -0.480 e. The van der Waals surface area contributed by atoms with Crippen molar-refractivity contribution < 1.29 is 19.4 Å². The molecule has 0 fully saturated rings. The van der Waals surface area contributed by atoms with E-state index in [1.165, 1.54) is 0 Å². The van der Waals surface area contributed by atoms with Crippen LogP contribution in [0.4, 0.5) is 10.5 Å². The van der Waals surface area contributed by atoms with Crippen molar-refractivity contribution in [3.8, 4) is 0 Å². The molecular weight excluding hydrogens is 274 g/mol. The summed E-state index contributed by atoms with van der Waals surface area (Å²) in [5.74, 6) is -1.04. The van der Waals surface area contributed by atoms with Crippen LogP contribution in [0.1, 0.15) is 0 Å². The second kappa shape index (κ2) is 7.20. The zero-order valence-corrected chi connectivity index (χ0v) is 11.2. The van der Waals surface area contributed by atoms with E-state index in [0.29, 0.717) is 5.69 Å². The molecule has 2 aromatic rings. The second-order valence-electron chi connectivity index (χ2n) is 4.23. The van der Waals surface area contributed by atoms with Crippen LogP contribution in [-0.4, -0.2) is 41.8 Å². The van der Waals surface area contributed by atoms with Crippen molar-refractivity contribution in [2.24, 2.45) is 0 Å². The maximum Gasteiger partial charge on any atom is 0.329 e. The van der Waals surface area contributed by atoms with Gasteiger partial charge < -0.3 is 20.5 Å². The van der Waals surface area contributed by atoms with Crippen molar-refractivity contribution in [2.75, 3.05) is 25.1 Å². The maximum atomic E-state index is 11.7. The van der Waals surface area contributed by atoms with Gasteiger partial charge in [-0.1, -0.05) is 12.1 Å². The minimum absolute atomic E-state index is 0.138. The molecule has 2 amide bonds. The molecule has 0 aliphatic carbocycles. The zero-order chi connectivity index (χ0) is 15.1. The fraction of sp³-hybridized carbons (Fsp3) is 0.214. The standard InChI is InChI=1S/C14H15N3O4/c18-13(19)9-21-7-6-16-14(20)17-12-3-1-2-10-8-15-5-4-11(10)12/h1-5,8H,6-7,9H2,(H,18,19)(H2,16,17,20). The first-order chi connectivity index (χ1) is 10.2. The summed E-state index contributed by atoms with van der Waals surface area (Å²) in [6.45, 7) is -0.00969. The van der Waals surface area contributed by atoms with Crippen molar-refractivity contribution >= 4 is 28.5 Å². The Morgan fingerprint density at radius 3 is 2.95 bits per heavy atom. The highest BCUT2D eigenvalue weighted by Gasteiger charge is 2.05. The number of aliphatic carboxylic acids is 1. The number of hydrogen-bond acceptors (Lipinski definition) is 4. The number of nitrogens with zero attached hydrogens (tertiary/aromatic N) is 1. The number of ether oxygens (including phenoxy) is 1. The number of hydrogen-bond donors (Lipinski definition) is 3. The molecule has 0 saturated carbocycles. The van der Waals surface area contributed by atoms with Crippen LogP contribution in [0.5, 0.6) is 0 Å². The van der Waals surface area contributed by atoms with Gasteiger partial charge >= 0.3 is 12.0 Å². The number of anilines is 1. The molecule has 1 heterocycles. The van der Waals surface area contributed by atoms with Gasteiger partial charge in [0.15, 0.2) is 0 Å². The molecule has 1 aromatic heterocycles. The van der Waals surface area contributed by atoms with E-state index in [0.717, 1.165) is 10.8 Å². The van der Waals surface area contributed by atoms with Crippen molar-refractivity contribution in [1.82, 2.24) is 10.3 Å². The monoisotopic (exact) mass is 289 g/mol. The molecular formula is C14H15N3O4. The molecule has 7 nitrogen and oxygen atoms in total. The number of carboxylic acid groups (broad SMARTS) is 1. The third kappa shape index (κ3) is 4.43. The predicted molar refractivity (Wildman–Crippen MR) is 77.2 cm³/mol. The van der Waals surface area contributed by atoms with Crippen LogP contribution in [0.25, 0.3) is 10.8 Å². The van der Waals surface area contributed by atoms with Gasteiger partial charge in [0, 0.05) is 29.7 Å². The number of carbonyl (C=O) groups excluding carboxylic acids is 1. The van der Waals surface area contributed by atoms with E-state index in [1.807, 2.05) is 18.2 Å². The Morgan fingerprint density at radius 2 is 2.14 bits per heavy atom. The summed E-state index contributed by atoms with van der Waals surface area (Å²) in [7, 11) is 0. The van der Waals surface area contributed by atoms with Crippen LogP contribution < -0.4 is 10.6 Å². The average Bonchev–Trinajstić information content (AvgIpc) is 2.47. The number of rotatable bonds is 6. The first kappa shape index (κ1) is 14.7. The highest BCUT2D eigenvalue weighted by Crippen LogP contribution is 2.21. The Bertz CT molecular complexity index is 640. The van der Waals surface area contributed by atoms with E-state index in [-0.39, 0.29) is 25.8 Å². The lowest BCUT2D eigenvalue weighted by Gasteiger charge is -2.09. The van der Waals surface area contributed by atoms with E-state index in [4.69, 9.17) is 9.84 Å². The zero-order valence-electron chi connectivity index (χ0n) is 11.2. The largest absolute Gasteiger partial charge is 0.480 e. The van der Waals surface area contributed by atoms with Gasteiger partial charge in [0.1, 0.15) is 6.61 Å². The van der Waals surface area contributed by atoms with Gasteiger partial charge in [-0.25, -0.2) is 9.59 Å². The summed E-state index contributed by atoms with van der Waals surface area (Å²) in [5, 5.41) is 15.5. The molecule has 0 saturated heterocycles. The van der Waals surface area contributed by atoms with Crippen LogP contribution in [0, 0.1) is 0 Å². The Morgan fingerprint density at radius 1 is 1.29 bits per heavy atom. The lowest BCUT2D eigenvalue weighted by molar-refractivity contribution is -0.142. The first-order valence-corrected chi connectivity index (χ1v) is 6.34. The van der Waals surface area contributed by atoms with Crippen LogP contribution in [0.3, 0.4) is 0 Å². The van der Waals surface area contributed by atoms with Crippen molar-refractivity contribution in [3.05, 3.63) is 36.7 Å². The maximum absolute atomic E-state index is 11.7. The highest BCUT2D eigenvalue weighted by atomic mass is 16.5. The molecule has 0 bridgehead atoms. The summed E-state index contributed by atoms with van der Waals surface area (Å²) < 4.78 is 4.82. The summed E-state index contributed by atoms with van der Waals surface area (Å²) in [6, 6.07) is 6.98. The Balaban J connectivity index is 1.86. The van der Waals surface area contributed by atoms with Gasteiger partial charge in [-0.3, -0.25) is 4.98 Å². The fourth-order valence-electron chi connectivity index (χ4n) is 1.79. The van der Waals surface area contributed by atoms with E-state index in [1.54, 1.807) is 18.5 Å². The van der Waals surface area contributed by atoms with Gasteiger partial charge in [0.05, 0.1) is 12.3 Å². The van der Waals surface area contributed by atoms with Crippen molar-refractivity contribution in [1.29, 1.82) is 0 Å². The molecule has 0 spiro atoms. The van der Waals surface area contributed by atoms with Crippen molar-refractivity contribution in [3.63, 3.8) is 0 Å². The topological polar surface area (TPSA) is 101 Å². The van der Waals surface area contributed by atoms with Crippen LogP contribution in [0.15, 0.2) is 36.7 Å². The molecule has 0 aliphatic heterocycles. The Kier molecular flexibility index (Phi) is 5.05. The minimum atomic E-state index is -1.04. The molecule has 2 rings (SSSR count). The summed E-state index contributed by atoms with van der Waals surface area (Å²) in [5.41, 5.74) is 0.679. The third-order valence-electron chi connectivity index (χ3n) is 2.69. The number of amides is 2. The fourth-order valence-corrected chi connectivity index (χ4v) is 1.79. The third-order valence-corrected chi connectivity index (χ3v) is 2.69. The number of benzene rings is 1. The number of fused-ring (bicyclic) bond motifs is 1. The van der Waals surface area contributed by atoms with Gasteiger partial charge in [-0.15, -0.1) is 0 Å². The van der Waals surface area contributed by atoms with Crippen molar-refractivity contribution in [2.45, 2.75) is 0 Å². The van der Waals surface area contributed by atoms with E-state index in [2.05, 4.69) is 15.6 Å². The predicted octanol–water partition coefficient (Wildman–Crippen LogP) is 1.46. The van der Waals surface area contributed by atoms with E-state index in [9.17, 15) is 9.59 Å². The number of aromatic nitrogens is 1. The molecule has 0 unspecified atom stereocenters. The second-order valence-corrected chi connectivity index (χ2v) is 4.23. The molecule has 0 aliphatic rings. The number of pyridine rings is 1. The molecule has 7 heteroatoms. The molecule has 3 N–H and O–H groups in total. The summed E-state index contributed by atoms with van der Waals surface area (Å²) in [4.78, 5) is 26.0. The Hall–Kier alpha value is -2.67. The molecule has 110 valence electrons. The summed E-state index contributed by atoms with van der Waals surface area (Å²) in [6.07, 6.45) is 3.38. The highest BCUT2D eigenvalue weighted by molar-refractivity contribution is 6.01. The normalized spacial score (nSPS) is 10.3. The first-order valence-electron chi connectivity index (χ1n) is 6.34. The van der Waals surface area contributed by atoms with E-state index < -0.39 is 5.97 Å². The Labute approximate surface area is 120 Å². The number of carboxylic acids is 1. The lowest BCUT2D eigenvalue weighted by Crippen LogP contribution is -2.32. The molecule has 21 heavy (non-hydrogen) atoms. The number of carbonyl (C=O) groups is 2. The quantitative estimate of drug-likeness (QED) is 0.699. The van der Waals surface area contributed by atoms with Gasteiger partial charge in [0.2, 0.25) is 0 Å². The van der Waals surface area contributed by atoms with Gasteiger partial charge in [0.25, 0.3) is 0 Å². The molecule has 0 radical (unpaired) electrons. The van der Waals surface area contributed by atoms with Crippen LogP contribution >= 0.6 is 0 Å². The smallest absolute Gasteiger partial charge is 0.329 e. The molecule has 1 aromatic carbocycles. The number of nitrogens with one attached hydrogen (secondary N) is 2.